The second-order valence-corrected chi connectivity index (χ2v) is 4.90. The highest BCUT2D eigenvalue weighted by Crippen LogP contribution is 2.26. The molecule has 0 aromatic heterocycles. The van der Waals surface area contributed by atoms with Crippen molar-refractivity contribution in [1.82, 2.24) is 5.32 Å². The van der Waals surface area contributed by atoms with Gasteiger partial charge in [0.2, 0.25) is 5.91 Å². The lowest BCUT2D eigenvalue weighted by Crippen LogP contribution is -2.38. The minimum Gasteiger partial charge on any atom is -0.361 e. The maximum absolute atomic E-state index is 12.1. The van der Waals surface area contributed by atoms with Crippen LogP contribution in [0, 0.1) is 0 Å². The highest BCUT2D eigenvalue weighted by molar-refractivity contribution is 6.01. The van der Waals surface area contributed by atoms with Gasteiger partial charge in [-0.3, -0.25) is 9.59 Å². The van der Waals surface area contributed by atoms with Gasteiger partial charge in [-0.05, 0) is 29.8 Å². The van der Waals surface area contributed by atoms with Crippen molar-refractivity contribution in [1.29, 1.82) is 0 Å². The van der Waals surface area contributed by atoms with Crippen molar-refractivity contribution >= 4 is 23.2 Å². The number of anilines is 2. The molecule has 21 heavy (non-hydrogen) atoms. The number of carbonyl (C=O) groups is 2. The summed E-state index contributed by atoms with van der Waals surface area (Å²) < 4.78 is 0. The average molecular weight is 281 g/mol. The van der Waals surface area contributed by atoms with Crippen LogP contribution in [0.4, 0.5) is 11.4 Å². The lowest BCUT2D eigenvalue weighted by Gasteiger charge is -2.28. The minimum atomic E-state index is -0.279. The van der Waals surface area contributed by atoms with Crippen molar-refractivity contribution in [3.05, 3.63) is 59.7 Å². The third-order valence-corrected chi connectivity index (χ3v) is 3.31. The average Bonchev–Trinajstić information content (AvgIpc) is 2.47. The Morgan fingerprint density at radius 3 is 2.48 bits per heavy atom. The van der Waals surface area contributed by atoms with Gasteiger partial charge >= 0.3 is 0 Å². The number of para-hydroxylation sites is 1. The molecule has 106 valence electrons. The molecule has 0 radical (unpaired) electrons. The highest BCUT2D eigenvalue weighted by Gasteiger charge is 2.23. The molecule has 5 nitrogen and oxygen atoms in total. The summed E-state index contributed by atoms with van der Waals surface area (Å²) in [6.07, 6.45) is -0.279. The summed E-state index contributed by atoms with van der Waals surface area (Å²) in [4.78, 5) is 23.1. The molecule has 2 aromatic carbocycles. The molecule has 5 heteroatoms. The Bertz CT molecular complexity index is 695. The second-order valence-electron chi connectivity index (χ2n) is 4.90. The topological polar surface area (TPSA) is 70.2 Å². The van der Waals surface area contributed by atoms with Crippen LogP contribution in [0.2, 0.25) is 0 Å². The van der Waals surface area contributed by atoms with Crippen LogP contribution in [-0.2, 0) is 4.79 Å². The molecule has 0 spiro atoms. The molecule has 0 saturated heterocycles. The molecule has 1 aliphatic heterocycles. The molecule has 3 rings (SSSR count). The second kappa shape index (κ2) is 5.28. The van der Waals surface area contributed by atoms with E-state index in [2.05, 4.69) is 16.0 Å². The van der Waals surface area contributed by atoms with Gasteiger partial charge in [0.15, 0.2) is 0 Å². The Labute approximate surface area is 122 Å². The smallest absolute Gasteiger partial charge is 0.255 e. The zero-order valence-electron chi connectivity index (χ0n) is 11.5. The van der Waals surface area contributed by atoms with E-state index in [-0.39, 0.29) is 18.0 Å². The maximum Gasteiger partial charge on any atom is 0.255 e. The first kappa shape index (κ1) is 13.2. The predicted octanol–water partition coefficient (Wildman–Crippen LogP) is 2.50. The predicted molar refractivity (Wildman–Crippen MR) is 81.0 cm³/mol. The van der Waals surface area contributed by atoms with Gasteiger partial charge in [-0.1, -0.05) is 24.3 Å². The maximum atomic E-state index is 12.1. The van der Waals surface area contributed by atoms with Crippen LogP contribution >= 0.6 is 0 Å². The van der Waals surface area contributed by atoms with Crippen molar-refractivity contribution < 1.29 is 9.59 Å². The first-order chi connectivity index (χ1) is 10.1. The number of amides is 2. The van der Waals surface area contributed by atoms with Crippen molar-refractivity contribution in [3.8, 4) is 0 Å². The number of carbonyl (C=O) groups excluding carboxylic acids is 2. The van der Waals surface area contributed by atoms with Crippen LogP contribution < -0.4 is 16.0 Å². The zero-order valence-corrected chi connectivity index (χ0v) is 11.5. The fraction of sp³-hybridized carbons (Fsp3) is 0.125. The molecule has 0 saturated carbocycles. The van der Waals surface area contributed by atoms with Crippen LogP contribution in [-0.4, -0.2) is 11.8 Å². The Kier molecular flexibility index (Phi) is 3.31. The van der Waals surface area contributed by atoms with Crippen molar-refractivity contribution in [2.24, 2.45) is 0 Å². The van der Waals surface area contributed by atoms with Gasteiger partial charge < -0.3 is 16.0 Å². The number of rotatable bonds is 2. The number of nitrogens with one attached hydrogen (secondary N) is 3. The molecule has 0 aliphatic carbocycles. The third kappa shape index (κ3) is 2.72. The van der Waals surface area contributed by atoms with Crippen LogP contribution in [0.25, 0.3) is 0 Å². The van der Waals surface area contributed by atoms with E-state index < -0.39 is 0 Å². The first-order valence-corrected chi connectivity index (χ1v) is 6.67. The normalized spacial score (nSPS) is 16.4. The molecular formula is C16H15N3O2. The fourth-order valence-electron chi connectivity index (χ4n) is 2.34. The van der Waals surface area contributed by atoms with E-state index in [0.717, 1.165) is 16.9 Å². The molecule has 1 aliphatic rings. The van der Waals surface area contributed by atoms with E-state index in [1.54, 1.807) is 6.07 Å². The summed E-state index contributed by atoms with van der Waals surface area (Å²) in [7, 11) is 0. The molecule has 1 heterocycles. The molecular weight excluding hydrogens is 266 g/mol. The molecule has 0 bridgehead atoms. The fourth-order valence-corrected chi connectivity index (χ4v) is 2.34. The van der Waals surface area contributed by atoms with Gasteiger partial charge in [-0.15, -0.1) is 0 Å². The van der Waals surface area contributed by atoms with E-state index in [1.807, 2.05) is 42.5 Å². The molecule has 3 N–H and O–H groups in total. The van der Waals surface area contributed by atoms with Gasteiger partial charge in [0.1, 0.15) is 6.17 Å². The lowest BCUT2D eigenvalue weighted by molar-refractivity contribution is -0.114. The van der Waals surface area contributed by atoms with Crippen molar-refractivity contribution in [2.45, 2.75) is 13.1 Å². The number of benzene rings is 2. The molecule has 2 amide bonds. The summed E-state index contributed by atoms with van der Waals surface area (Å²) in [5.41, 5.74) is 3.11. The third-order valence-electron chi connectivity index (χ3n) is 3.31. The Morgan fingerprint density at radius 2 is 1.76 bits per heavy atom. The van der Waals surface area contributed by atoms with Crippen LogP contribution in [0.15, 0.2) is 48.5 Å². The lowest BCUT2D eigenvalue weighted by atomic mass is 10.1. The number of fused-ring (bicyclic) bond motifs is 1. The van der Waals surface area contributed by atoms with Gasteiger partial charge in [-0.2, -0.15) is 0 Å². The van der Waals surface area contributed by atoms with E-state index >= 15 is 0 Å². The van der Waals surface area contributed by atoms with Gasteiger partial charge in [0.05, 0.1) is 5.56 Å². The minimum absolute atomic E-state index is 0.0970. The monoisotopic (exact) mass is 281 g/mol. The summed E-state index contributed by atoms with van der Waals surface area (Å²) in [5.74, 6) is -0.207. The zero-order chi connectivity index (χ0) is 14.8. The summed E-state index contributed by atoms with van der Waals surface area (Å²) in [6.45, 7) is 1.47. The Morgan fingerprint density at radius 1 is 1.05 bits per heavy atom. The highest BCUT2D eigenvalue weighted by atomic mass is 16.2. The number of hydrogen-bond acceptors (Lipinski definition) is 3. The van der Waals surface area contributed by atoms with E-state index in [1.165, 1.54) is 6.92 Å². The molecule has 2 aromatic rings. The van der Waals surface area contributed by atoms with Crippen molar-refractivity contribution in [2.75, 3.05) is 10.6 Å². The standard InChI is InChI=1S/C16H15N3O2/c1-10(20)17-12-8-6-11(7-9-12)15-18-14-5-3-2-4-13(14)16(21)19-15/h2-9,15,18H,1H3,(H,17,20)(H,19,21)/t15-/m0/s1. The molecule has 1 atom stereocenters. The van der Waals surface area contributed by atoms with E-state index in [9.17, 15) is 9.59 Å². The Hall–Kier alpha value is -2.82. The van der Waals surface area contributed by atoms with Crippen LogP contribution in [0.3, 0.4) is 0 Å². The molecule has 0 fully saturated rings. The van der Waals surface area contributed by atoms with E-state index in [0.29, 0.717) is 5.56 Å². The van der Waals surface area contributed by atoms with E-state index in [4.69, 9.17) is 0 Å². The van der Waals surface area contributed by atoms with Gasteiger partial charge in [-0.25, -0.2) is 0 Å². The van der Waals surface area contributed by atoms with Gasteiger partial charge in [0.25, 0.3) is 5.91 Å². The van der Waals surface area contributed by atoms with Crippen LogP contribution in [0.5, 0.6) is 0 Å². The summed E-state index contributed by atoms with van der Waals surface area (Å²) in [5, 5.41) is 8.91. The number of hydrogen-bond donors (Lipinski definition) is 3. The van der Waals surface area contributed by atoms with Crippen LogP contribution in [0.1, 0.15) is 29.0 Å². The first-order valence-electron chi connectivity index (χ1n) is 6.67. The summed E-state index contributed by atoms with van der Waals surface area (Å²) in [6, 6.07) is 14.8. The molecule has 0 unspecified atom stereocenters. The van der Waals surface area contributed by atoms with Crippen molar-refractivity contribution in [3.63, 3.8) is 0 Å². The Balaban J connectivity index is 1.82. The quantitative estimate of drug-likeness (QED) is 0.792. The SMILES string of the molecule is CC(=O)Nc1ccc([C@@H]2NC(=O)c3ccccc3N2)cc1. The summed E-state index contributed by atoms with van der Waals surface area (Å²) >= 11 is 0. The largest absolute Gasteiger partial charge is 0.361 e. The van der Waals surface area contributed by atoms with Gasteiger partial charge in [0, 0.05) is 18.3 Å².